The van der Waals surface area contributed by atoms with Crippen LogP contribution in [0.2, 0.25) is 0 Å². The minimum absolute atomic E-state index is 0.876. The van der Waals surface area contributed by atoms with E-state index in [2.05, 4.69) is 8.92 Å². The van der Waals surface area contributed by atoms with Crippen LogP contribution in [0.1, 0.15) is 27.7 Å². The quantitative estimate of drug-likeness (QED) is 0.265. The third-order valence-corrected chi connectivity index (χ3v) is 4.18. The van der Waals surface area contributed by atoms with Crippen molar-refractivity contribution in [3.63, 3.8) is 0 Å². The first-order valence-corrected chi connectivity index (χ1v) is 8.73. The normalized spacial score (nSPS) is 28.9. The molecule has 0 amide bonds. The van der Waals surface area contributed by atoms with Crippen molar-refractivity contribution < 1.29 is 59.1 Å². The smallest absolute Gasteiger partial charge is 0.456 e. The summed E-state index contributed by atoms with van der Waals surface area (Å²) in [6, 6.07) is 0. The molecule has 1 rings (SSSR count). The van der Waals surface area contributed by atoms with Gasteiger partial charge < -0.3 is 18.9 Å². The summed E-state index contributed by atoms with van der Waals surface area (Å²) in [5.41, 5.74) is -5.82. The van der Waals surface area contributed by atoms with Crippen LogP contribution in [0.25, 0.3) is 0 Å². The van der Waals surface area contributed by atoms with Gasteiger partial charge in [0, 0.05) is 20.8 Å². The van der Waals surface area contributed by atoms with Crippen LogP contribution in [0.4, 0.5) is 13.2 Å². The van der Waals surface area contributed by atoms with E-state index in [9.17, 15) is 36.0 Å². The SMILES string of the molecule is CC(=O)OC1O[C@@H](C)[C@H](OC(C)=O)[C@@H](OC(C)=O)[C@@H]1OS(=O)(=O)C(F)(F)F. The zero-order chi connectivity index (χ0) is 21.2. The molecule has 1 aliphatic heterocycles. The van der Waals surface area contributed by atoms with E-state index in [1.807, 2.05) is 0 Å². The highest BCUT2D eigenvalue weighted by atomic mass is 32.2. The van der Waals surface area contributed by atoms with Crippen LogP contribution in [0.5, 0.6) is 0 Å². The molecule has 1 aliphatic rings. The van der Waals surface area contributed by atoms with E-state index in [-0.39, 0.29) is 0 Å². The van der Waals surface area contributed by atoms with Crippen LogP contribution < -0.4 is 0 Å². The summed E-state index contributed by atoms with van der Waals surface area (Å²) in [7, 11) is -6.21. The van der Waals surface area contributed by atoms with Crippen LogP contribution in [0, 0.1) is 0 Å². The molecule has 0 bridgehead atoms. The van der Waals surface area contributed by atoms with Crippen molar-refractivity contribution in [1.82, 2.24) is 0 Å². The Kier molecular flexibility index (Phi) is 7.18. The third kappa shape index (κ3) is 6.04. The predicted octanol–water partition coefficient (Wildman–Crippen LogP) is 0.392. The topological polar surface area (TPSA) is 132 Å². The number of hydrogen-bond donors (Lipinski definition) is 0. The lowest BCUT2D eigenvalue weighted by Crippen LogP contribution is -2.61. The first kappa shape index (κ1) is 23.1. The Morgan fingerprint density at radius 1 is 0.852 bits per heavy atom. The van der Waals surface area contributed by atoms with E-state index in [4.69, 9.17) is 14.2 Å². The number of rotatable bonds is 5. The average molecular weight is 422 g/mol. The van der Waals surface area contributed by atoms with Crippen LogP contribution in [-0.4, -0.2) is 62.5 Å². The number of halogens is 3. The van der Waals surface area contributed by atoms with E-state index in [0.717, 1.165) is 20.8 Å². The summed E-state index contributed by atoms with van der Waals surface area (Å²) in [5, 5.41) is 0. The number of hydrogen-bond acceptors (Lipinski definition) is 10. The van der Waals surface area contributed by atoms with Gasteiger partial charge in [-0.05, 0) is 6.92 Å². The highest BCUT2D eigenvalue weighted by molar-refractivity contribution is 7.87. The Labute approximate surface area is 151 Å². The Hall–Kier alpha value is -1.93. The summed E-state index contributed by atoms with van der Waals surface area (Å²) in [5.74, 6) is -3.01. The molecule has 5 atom stereocenters. The van der Waals surface area contributed by atoms with Gasteiger partial charge in [-0.1, -0.05) is 0 Å². The molecule has 0 spiro atoms. The van der Waals surface area contributed by atoms with E-state index in [1.54, 1.807) is 0 Å². The van der Waals surface area contributed by atoms with E-state index < -0.39 is 64.2 Å². The standard InChI is InChI=1S/C13H17F3O10S/c1-5-9(23-6(2)17)10(24-7(3)18)11(12(22-5)25-8(4)19)26-27(20,21)13(14,15)16/h5,9-12H,1-4H3/t5-,9-,10+,11-,12?/m0/s1. The molecule has 0 saturated carbocycles. The molecule has 0 aromatic rings. The molecule has 0 radical (unpaired) electrons. The monoisotopic (exact) mass is 422 g/mol. The molecule has 0 N–H and O–H groups in total. The van der Waals surface area contributed by atoms with Gasteiger partial charge in [0.2, 0.25) is 6.29 Å². The highest BCUT2D eigenvalue weighted by Crippen LogP contribution is 2.34. The lowest BCUT2D eigenvalue weighted by molar-refractivity contribution is -0.284. The zero-order valence-electron chi connectivity index (χ0n) is 14.5. The van der Waals surface area contributed by atoms with E-state index >= 15 is 0 Å². The Morgan fingerprint density at radius 3 is 1.70 bits per heavy atom. The maximum atomic E-state index is 12.7. The summed E-state index contributed by atoms with van der Waals surface area (Å²) in [4.78, 5) is 33.8. The van der Waals surface area contributed by atoms with Gasteiger partial charge in [-0.25, -0.2) is 4.18 Å². The van der Waals surface area contributed by atoms with Crippen LogP contribution in [0.15, 0.2) is 0 Å². The third-order valence-electron chi connectivity index (χ3n) is 3.13. The molecule has 27 heavy (non-hydrogen) atoms. The minimum Gasteiger partial charge on any atom is -0.456 e. The number of carbonyl (C=O) groups excluding carboxylic acids is 3. The van der Waals surface area contributed by atoms with Crippen molar-refractivity contribution in [3.05, 3.63) is 0 Å². The molecule has 0 aromatic heterocycles. The van der Waals surface area contributed by atoms with Gasteiger partial charge in [0.05, 0.1) is 6.10 Å². The molecule has 1 saturated heterocycles. The Balaban J connectivity index is 3.38. The van der Waals surface area contributed by atoms with Gasteiger partial charge in [0.25, 0.3) is 0 Å². The van der Waals surface area contributed by atoms with Gasteiger partial charge in [-0.15, -0.1) is 0 Å². The summed E-state index contributed by atoms with van der Waals surface area (Å²) in [6.07, 6.45) is -8.85. The van der Waals surface area contributed by atoms with Crippen molar-refractivity contribution in [2.24, 2.45) is 0 Å². The maximum Gasteiger partial charge on any atom is 0.523 e. The second-order valence-electron chi connectivity index (χ2n) is 5.43. The minimum atomic E-state index is -6.21. The number of ether oxygens (including phenoxy) is 4. The molecule has 0 aromatic carbocycles. The molecule has 1 heterocycles. The second-order valence-corrected chi connectivity index (χ2v) is 6.99. The van der Waals surface area contributed by atoms with E-state index in [0.29, 0.717) is 0 Å². The van der Waals surface area contributed by atoms with Crippen molar-refractivity contribution >= 4 is 28.0 Å². The van der Waals surface area contributed by atoms with Gasteiger partial charge in [-0.2, -0.15) is 21.6 Å². The van der Waals surface area contributed by atoms with Crippen LogP contribution >= 0.6 is 0 Å². The molecule has 10 nitrogen and oxygen atoms in total. The van der Waals surface area contributed by atoms with Crippen molar-refractivity contribution in [2.45, 2.75) is 63.9 Å². The fourth-order valence-corrected chi connectivity index (χ4v) is 2.82. The lowest BCUT2D eigenvalue weighted by atomic mass is 9.99. The van der Waals surface area contributed by atoms with Gasteiger partial charge in [0.1, 0.15) is 0 Å². The Morgan fingerprint density at radius 2 is 1.30 bits per heavy atom. The van der Waals surface area contributed by atoms with Crippen molar-refractivity contribution in [1.29, 1.82) is 0 Å². The largest absolute Gasteiger partial charge is 0.523 e. The first-order chi connectivity index (χ1) is 12.2. The molecule has 1 unspecified atom stereocenters. The predicted molar refractivity (Wildman–Crippen MR) is 77.1 cm³/mol. The van der Waals surface area contributed by atoms with Gasteiger partial charge in [-0.3, -0.25) is 14.4 Å². The fourth-order valence-electron chi connectivity index (χ4n) is 2.22. The summed E-state index contributed by atoms with van der Waals surface area (Å²) >= 11 is 0. The summed E-state index contributed by atoms with van der Waals surface area (Å²) < 4.78 is 84.5. The molecule has 1 fully saturated rings. The highest BCUT2D eigenvalue weighted by Gasteiger charge is 2.57. The fraction of sp³-hybridized carbons (Fsp3) is 0.769. The maximum absolute atomic E-state index is 12.7. The number of alkyl halides is 3. The number of carbonyl (C=O) groups is 3. The first-order valence-electron chi connectivity index (χ1n) is 7.32. The average Bonchev–Trinajstić information content (AvgIpc) is 2.44. The van der Waals surface area contributed by atoms with Crippen molar-refractivity contribution in [3.8, 4) is 0 Å². The van der Waals surface area contributed by atoms with E-state index in [1.165, 1.54) is 6.92 Å². The Bertz CT molecular complexity index is 689. The van der Waals surface area contributed by atoms with Crippen LogP contribution in [0.3, 0.4) is 0 Å². The molecular weight excluding hydrogens is 405 g/mol. The molecular formula is C13H17F3O10S. The zero-order valence-corrected chi connectivity index (χ0v) is 15.3. The molecule has 156 valence electrons. The second kappa shape index (κ2) is 8.39. The lowest BCUT2D eigenvalue weighted by Gasteiger charge is -2.42. The summed E-state index contributed by atoms with van der Waals surface area (Å²) in [6.45, 7) is 3.98. The number of esters is 3. The van der Waals surface area contributed by atoms with Crippen LogP contribution in [-0.2, 0) is 47.6 Å². The van der Waals surface area contributed by atoms with Gasteiger partial charge >= 0.3 is 33.5 Å². The van der Waals surface area contributed by atoms with Crippen molar-refractivity contribution in [2.75, 3.05) is 0 Å². The molecule has 0 aliphatic carbocycles. The van der Waals surface area contributed by atoms with Gasteiger partial charge in [0.15, 0.2) is 18.3 Å². The molecule has 14 heteroatoms.